The minimum absolute atomic E-state index is 0.116. The van der Waals surface area contributed by atoms with Crippen molar-refractivity contribution in [2.45, 2.75) is 38.5 Å². The molecule has 1 atom stereocenters. The zero-order valence-electron chi connectivity index (χ0n) is 9.86. The van der Waals surface area contributed by atoms with Gasteiger partial charge in [-0.2, -0.15) is 0 Å². The van der Waals surface area contributed by atoms with E-state index in [2.05, 4.69) is 4.90 Å². The maximum atomic E-state index is 11.6. The predicted molar refractivity (Wildman–Crippen MR) is 57.7 cm³/mol. The third-order valence-corrected chi connectivity index (χ3v) is 2.92. The van der Waals surface area contributed by atoms with Crippen LogP contribution in [0.5, 0.6) is 0 Å². The Kier molecular flexibility index (Phi) is 5.22. The molecule has 0 saturated carbocycles. The first-order chi connectivity index (χ1) is 7.20. The lowest BCUT2D eigenvalue weighted by molar-refractivity contribution is -0.162. The first kappa shape index (κ1) is 12.6. The van der Waals surface area contributed by atoms with E-state index in [1.807, 2.05) is 0 Å². The fraction of sp³-hybridized carbons (Fsp3) is 0.909. The molecule has 1 fully saturated rings. The molecule has 0 radical (unpaired) electrons. The number of Topliss-reactive ketones (excluding diaryl/α,β-unsaturated/α-hetero) is 1. The predicted octanol–water partition coefficient (Wildman–Crippen LogP) is 1.05. The van der Waals surface area contributed by atoms with Crippen LogP contribution in [0.3, 0.4) is 0 Å². The van der Waals surface area contributed by atoms with E-state index in [1.54, 1.807) is 21.1 Å². The van der Waals surface area contributed by atoms with Crippen molar-refractivity contribution in [1.29, 1.82) is 0 Å². The Morgan fingerprint density at radius 2 is 1.67 bits per heavy atom. The fourth-order valence-electron chi connectivity index (χ4n) is 2.17. The van der Waals surface area contributed by atoms with Crippen LogP contribution in [-0.4, -0.2) is 50.3 Å². The van der Waals surface area contributed by atoms with Crippen LogP contribution in [0.2, 0.25) is 0 Å². The summed E-state index contributed by atoms with van der Waals surface area (Å²) in [7, 11) is 3.15. The average molecular weight is 215 g/mol. The Hall–Kier alpha value is -0.450. The van der Waals surface area contributed by atoms with Gasteiger partial charge in [0.25, 0.3) is 0 Å². The van der Waals surface area contributed by atoms with Crippen LogP contribution >= 0.6 is 0 Å². The van der Waals surface area contributed by atoms with Gasteiger partial charge in [-0.25, -0.2) is 0 Å². The number of ketones is 1. The van der Waals surface area contributed by atoms with Gasteiger partial charge in [0, 0.05) is 14.2 Å². The lowest BCUT2D eigenvalue weighted by Crippen LogP contribution is -2.51. The molecule has 4 nitrogen and oxygen atoms in total. The lowest BCUT2D eigenvalue weighted by Gasteiger charge is -2.36. The Bertz CT molecular complexity index is 198. The summed E-state index contributed by atoms with van der Waals surface area (Å²) in [4.78, 5) is 13.8. The molecule has 15 heavy (non-hydrogen) atoms. The topological polar surface area (TPSA) is 38.8 Å². The second kappa shape index (κ2) is 6.20. The number of likely N-dealkylation sites (tertiary alicyclic amines) is 1. The third-order valence-electron chi connectivity index (χ3n) is 2.92. The fourth-order valence-corrected chi connectivity index (χ4v) is 2.17. The summed E-state index contributed by atoms with van der Waals surface area (Å²) in [6, 6.07) is -0.250. The Morgan fingerprint density at radius 1 is 1.13 bits per heavy atom. The molecule has 1 aliphatic rings. The summed E-state index contributed by atoms with van der Waals surface area (Å²) in [6.07, 6.45) is 3.13. The Balaban J connectivity index is 2.66. The zero-order valence-corrected chi connectivity index (χ0v) is 9.86. The van der Waals surface area contributed by atoms with Crippen LogP contribution in [0.4, 0.5) is 0 Å². The maximum Gasteiger partial charge on any atom is 0.179 e. The van der Waals surface area contributed by atoms with Crippen molar-refractivity contribution in [2.24, 2.45) is 0 Å². The number of carbonyl (C=O) groups is 1. The monoisotopic (exact) mass is 215 g/mol. The third kappa shape index (κ3) is 3.26. The highest BCUT2D eigenvalue weighted by molar-refractivity contribution is 5.81. The number of carbonyl (C=O) groups excluding carboxylic acids is 1. The molecular formula is C11H21NO3. The standard InChI is InChI=1S/C11H21NO3/c1-9(13)10(11(14-2)15-3)12-7-5-4-6-8-12/h10-11H,4-8H2,1-3H3. The van der Waals surface area contributed by atoms with E-state index in [1.165, 1.54) is 6.42 Å². The maximum absolute atomic E-state index is 11.6. The summed E-state index contributed by atoms with van der Waals surface area (Å²) in [5, 5.41) is 0. The van der Waals surface area contributed by atoms with Crippen molar-refractivity contribution in [1.82, 2.24) is 4.90 Å². The van der Waals surface area contributed by atoms with Crippen molar-refractivity contribution >= 4 is 5.78 Å². The molecular weight excluding hydrogens is 194 g/mol. The summed E-state index contributed by atoms with van der Waals surface area (Å²) >= 11 is 0. The van der Waals surface area contributed by atoms with Gasteiger partial charge in [0.05, 0.1) is 0 Å². The first-order valence-corrected chi connectivity index (χ1v) is 5.50. The van der Waals surface area contributed by atoms with E-state index in [-0.39, 0.29) is 11.8 Å². The molecule has 0 aliphatic carbocycles. The highest BCUT2D eigenvalue weighted by atomic mass is 16.7. The van der Waals surface area contributed by atoms with Crippen molar-refractivity contribution < 1.29 is 14.3 Å². The summed E-state index contributed by atoms with van der Waals surface area (Å²) in [5.41, 5.74) is 0. The second-order valence-electron chi connectivity index (χ2n) is 3.99. The van der Waals surface area contributed by atoms with E-state index in [0.717, 1.165) is 25.9 Å². The van der Waals surface area contributed by atoms with Gasteiger partial charge in [0.15, 0.2) is 12.1 Å². The normalized spacial score (nSPS) is 20.5. The van der Waals surface area contributed by atoms with Crippen LogP contribution in [0.15, 0.2) is 0 Å². The molecule has 4 heteroatoms. The minimum atomic E-state index is -0.444. The first-order valence-electron chi connectivity index (χ1n) is 5.50. The van der Waals surface area contributed by atoms with E-state index in [9.17, 15) is 4.79 Å². The smallest absolute Gasteiger partial charge is 0.179 e. The van der Waals surface area contributed by atoms with Gasteiger partial charge in [0.2, 0.25) is 0 Å². The van der Waals surface area contributed by atoms with Crippen molar-refractivity contribution in [3.8, 4) is 0 Å². The van der Waals surface area contributed by atoms with Gasteiger partial charge < -0.3 is 9.47 Å². The molecule has 0 N–H and O–H groups in total. The summed E-state index contributed by atoms with van der Waals surface area (Å²) in [6.45, 7) is 3.53. The molecule has 0 amide bonds. The van der Waals surface area contributed by atoms with E-state index >= 15 is 0 Å². The molecule has 1 saturated heterocycles. The lowest BCUT2D eigenvalue weighted by atomic mass is 10.1. The molecule has 0 aromatic heterocycles. The Labute approximate surface area is 91.5 Å². The second-order valence-corrected chi connectivity index (χ2v) is 3.99. The molecule has 0 aromatic rings. The molecule has 1 heterocycles. The summed E-state index contributed by atoms with van der Waals surface area (Å²) < 4.78 is 10.4. The van der Waals surface area contributed by atoms with Gasteiger partial charge in [-0.3, -0.25) is 9.69 Å². The number of methoxy groups -OCH3 is 2. The Morgan fingerprint density at radius 3 is 2.07 bits per heavy atom. The summed E-state index contributed by atoms with van der Waals surface area (Å²) in [5.74, 6) is 0.116. The number of ether oxygens (including phenoxy) is 2. The van der Waals surface area contributed by atoms with Crippen LogP contribution in [0, 0.1) is 0 Å². The van der Waals surface area contributed by atoms with Crippen molar-refractivity contribution in [3.05, 3.63) is 0 Å². The van der Waals surface area contributed by atoms with E-state index in [0.29, 0.717) is 0 Å². The number of hydrogen-bond acceptors (Lipinski definition) is 4. The SMILES string of the molecule is COC(OC)C(C(C)=O)N1CCCCC1. The highest BCUT2D eigenvalue weighted by Crippen LogP contribution is 2.16. The van der Waals surface area contributed by atoms with Crippen LogP contribution in [0.25, 0.3) is 0 Å². The van der Waals surface area contributed by atoms with Crippen molar-refractivity contribution in [3.63, 3.8) is 0 Å². The molecule has 0 aromatic carbocycles. The molecule has 88 valence electrons. The number of rotatable bonds is 5. The van der Waals surface area contributed by atoms with E-state index in [4.69, 9.17) is 9.47 Å². The van der Waals surface area contributed by atoms with Gasteiger partial charge in [-0.1, -0.05) is 6.42 Å². The largest absolute Gasteiger partial charge is 0.354 e. The van der Waals surface area contributed by atoms with Crippen LogP contribution in [0.1, 0.15) is 26.2 Å². The highest BCUT2D eigenvalue weighted by Gasteiger charge is 2.32. The molecule has 0 bridgehead atoms. The zero-order chi connectivity index (χ0) is 11.3. The van der Waals surface area contributed by atoms with Gasteiger partial charge in [-0.15, -0.1) is 0 Å². The van der Waals surface area contributed by atoms with Gasteiger partial charge in [0.1, 0.15) is 6.04 Å². The molecule has 1 unspecified atom stereocenters. The quantitative estimate of drug-likeness (QED) is 0.643. The van der Waals surface area contributed by atoms with Crippen molar-refractivity contribution in [2.75, 3.05) is 27.3 Å². The number of nitrogens with zero attached hydrogens (tertiary/aromatic N) is 1. The molecule has 1 aliphatic heterocycles. The minimum Gasteiger partial charge on any atom is -0.354 e. The van der Waals surface area contributed by atoms with E-state index < -0.39 is 6.29 Å². The number of hydrogen-bond donors (Lipinski definition) is 0. The van der Waals surface area contributed by atoms with Gasteiger partial charge in [-0.05, 0) is 32.9 Å². The number of piperidine rings is 1. The molecule has 0 spiro atoms. The average Bonchev–Trinajstić information content (AvgIpc) is 2.26. The molecule has 1 rings (SSSR count). The van der Waals surface area contributed by atoms with Crippen LogP contribution in [-0.2, 0) is 14.3 Å². The van der Waals surface area contributed by atoms with Crippen LogP contribution < -0.4 is 0 Å². The van der Waals surface area contributed by atoms with Gasteiger partial charge >= 0.3 is 0 Å².